The first-order chi connectivity index (χ1) is 17.9. The molecule has 2 aromatic carbocycles. The number of hydrogen-bond acceptors (Lipinski definition) is 9. The van der Waals surface area contributed by atoms with E-state index >= 15 is 0 Å². The third-order valence-electron chi connectivity index (χ3n) is 6.41. The number of hydrogen-bond donors (Lipinski definition) is 0. The molecule has 0 atom stereocenters. The molecule has 0 bridgehead atoms. The molecule has 0 spiro atoms. The van der Waals surface area contributed by atoms with Crippen molar-refractivity contribution in [1.29, 1.82) is 0 Å². The van der Waals surface area contributed by atoms with Gasteiger partial charge < -0.3 is 19.3 Å². The molecule has 3 saturated heterocycles. The van der Waals surface area contributed by atoms with Crippen molar-refractivity contribution in [2.45, 2.75) is 6.54 Å². The van der Waals surface area contributed by atoms with E-state index in [1.165, 1.54) is 6.07 Å². The molecule has 3 aliphatic heterocycles. The SMILES string of the molecule is O=C1S/C(=C\c2cc([N+](=O)[O-])c(N3CCOCC3)cc2N2CCOCC2)C(=O)N1Cc1cccc(Cl)c1. The summed E-state index contributed by atoms with van der Waals surface area (Å²) in [7, 11) is 0. The number of benzene rings is 2. The fourth-order valence-electron chi connectivity index (χ4n) is 4.57. The maximum Gasteiger partial charge on any atom is 0.293 e. The number of morpholine rings is 2. The van der Waals surface area contributed by atoms with E-state index in [0.29, 0.717) is 68.9 Å². The number of nitrogens with zero attached hydrogens (tertiary/aromatic N) is 4. The topological polar surface area (TPSA) is 105 Å². The van der Waals surface area contributed by atoms with Crippen molar-refractivity contribution >= 4 is 57.6 Å². The summed E-state index contributed by atoms with van der Waals surface area (Å²) in [5.74, 6) is -0.442. The average Bonchev–Trinajstić information content (AvgIpc) is 3.16. The summed E-state index contributed by atoms with van der Waals surface area (Å²) in [5, 5.41) is 12.2. The molecule has 0 saturated carbocycles. The van der Waals surface area contributed by atoms with Crippen LogP contribution < -0.4 is 9.80 Å². The first-order valence-electron chi connectivity index (χ1n) is 11.9. The van der Waals surface area contributed by atoms with Crippen LogP contribution in [0.1, 0.15) is 11.1 Å². The van der Waals surface area contributed by atoms with E-state index in [-0.39, 0.29) is 17.1 Å². The fraction of sp³-hybridized carbons (Fsp3) is 0.360. The van der Waals surface area contributed by atoms with Crippen molar-refractivity contribution in [3.05, 3.63) is 67.6 Å². The Morgan fingerprint density at radius 3 is 2.24 bits per heavy atom. The van der Waals surface area contributed by atoms with Crippen LogP contribution in [0.5, 0.6) is 0 Å². The number of imide groups is 1. The van der Waals surface area contributed by atoms with Crippen molar-refractivity contribution in [2.75, 3.05) is 62.4 Å². The molecule has 2 aromatic rings. The number of carbonyl (C=O) groups is 2. The zero-order valence-corrected chi connectivity index (χ0v) is 21.5. The number of halogens is 1. The molecule has 2 amide bonds. The van der Waals surface area contributed by atoms with Gasteiger partial charge in [-0.15, -0.1) is 0 Å². The molecular formula is C25H25ClN4O6S. The molecular weight excluding hydrogens is 520 g/mol. The molecule has 37 heavy (non-hydrogen) atoms. The van der Waals surface area contributed by atoms with Crippen LogP contribution in [-0.2, 0) is 20.8 Å². The summed E-state index contributed by atoms with van der Waals surface area (Å²) in [5.41, 5.74) is 2.47. The molecule has 10 nitrogen and oxygen atoms in total. The Morgan fingerprint density at radius 2 is 1.62 bits per heavy atom. The Labute approximate surface area is 222 Å². The predicted molar refractivity (Wildman–Crippen MR) is 142 cm³/mol. The fourth-order valence-corrected chi connectivity index (χ4v) is 5.62. The van der Waals surface area contributed by atoms with Gasteiger partial charge >= 0.3 is 0 Å². The standard InChI is InChI=1S/C25H25ClN4O6S/c26-19-3-1-2-17(12-19)16-29-24(31)23(37-25(29)32)14-18-13-22(30(33)34)21(28-6-10-36-11-7-28)15-20(18)27-4-8-35-9-5-27/h1-3,12-15H,4-11,16H2/b23-14-. The highest BCUT2D eigenvalue weighted by molar-refractivity contribution is 8.18. The maximum absolute atomic E-state index is 13.2. The van der Waals surface area contributed by atoms with Crippen LogP contribution in [0.25, 0.3) is 6.08 Å². The Bertz CT molecular complexity index is 1260. The normalized spacial score (nSPS) is 19.7. The van der Waals surface area contributed by atoms with Gasteiger partial charge in [0.15, 0.2) is 0 Å². The largest absolute Gasteiger partial charge is 0.378 e. The number of rotatable bonds is 6. The van der Waals surface area contributed by atoms with Gasteiger partial charge in [0.25, 0.3) is 16.8 Å². The van der Waals surface area contributed by atoms with Crippen molar-refractivity contribution in [2.24, 2.45) is 0 Å². The second-order valence-corrected chi connectivity index (χ2v) is 10.2. The first-order valence-corrected chi connectivity index (χ1v) is 13.1. The van der Waals surface area contributed by atoms with Crippen LogP contribution in [-0.4, -0.2) is 73.6 Å². The third kappa shape index (κ3) is 5.59. The van der Waals surface area contributed by atoms with Crippen LogP contribution in [0.4, 0.5) is 21.9 Å². The zero-order valence-electron chi connectivity index (χ0n) is 19.9. The number of thioether (sulfide) groups is 1. The van der Waals surface area contributed by atoms with Crippen LogP contribution in [0.15, 0.2) is 41.3 Å². The molecule has 0 aliphatic carbocycles. The summed E-state index contributed by atoms with van der Waals surface area (Å²) in [6.45, 7) is 4.44. The van der Waals surface area contributed by atoms with E-state index < -0.39 is 16.1 Å². The Balaban J connectivity index is 1.52. The minimum atomic E-state index is -0.442. The minimum Gasteiger partial charge on any atom is -0.378 e. The number of anilines is 2. The Hall–Kier alpha value is -3.12. The zero-order chi connectivity index (χ0) is 25.9. The van der Waals surface area contributed by atoms with Gasteiger partial charge in [-0.25, -0.2) is 0 Å². The van der Waals surface area contributed by atoms with Gasteiger partial charge in [-0.1, -0.05) is 23.7 Å². The van der Waals surface area contributed by atoms with Gasteiger partial charge in [0.2, 0.25) is 0 Å². The van der Waals surface area contributed by atoms with Gasteiger partial charge in [-0.2, -0.15) is 0 Å². The Morgan fingerprint density at radius 1 is 0.973 bits per heavy atom. The molecule has 3 aliphatic rings. The van der Waals surface area contributed by atoms with Gasteiger partial charge in [-0.05, 0) is 41.6 Å². The van der Waals surface area contributed by atoms with E-state index in [4.69, 9.17) is 21.1 Å². The minimum absolute atomic E-state index is 0.0525. The van der Waals surface area contributed by atoms with E-state index in [1.54, 1.807) is 30.3 Å². The molecule has 0 aromatic heterocycles. The number of nitro benzene ring substituents is 1. The Kier molecular flexibility index (Phi) is 7.65. The maximum atomic E-state index is 13.2. The third-order valence-corrected chi connectivity index (χ3v) is 7.56. The highest BCUT2D eigenvalue weighted by Crippen LogP contribution is 2.40. The van der Waals surface area contributed by atoms with Crippen molar-refractivity contribution in [3.63, 3.8) is 0 Å². The van der Waals surface area contributed by atoms with Gasteiger partial charge in [0.1, 0.15) is 5.69 Å². The van der Waals surface area contributed by atoms with Crippen molar-refractivity contribution in [3.8, 4) is 0 Å². The number of carbonyl (C=O) groups excluding carboxylic acids is 2. The quantitative estimate of drug-likeness (QED) is 0.301. The molecule has 194 valence electrons. The number of nitro groups is 1. The summed E-state index contributed by atoms with van der Waals surface area (Å²) in [6.07, 6.45) is 1.59. The van der Waals surface area contributed by atoms with Crippen LogP contribution in [0.2, 0.25) is 5.02 Å². The highest BCUT2D eigenvalue weighted by Gasteiger charge is 2.36. The lowest BCUT2D eigenvalue weighted by molar-refractivity contribution is -0.384. The molecule has 12 heteroatoms. The second kappa shape index (κ2) is 11.1. The van der Waals surface area contributed by atoms with Crippen LogP contribution >= 0.6 is 23.4 Å². The summed E-state index contributed by atoms with van der Waals surface area (Å²) in [4.78, 5) is 43.1. The molecule has 3 heterocycles. The lowest BCUT2D eigenvalue weighted by atomic mass is 10.1. The molecule has 0 N–H and O–H groups in total. The second-order valence-electron chi connectivity index (χ2n) is 8.75. The summed E-state index contributed by atoms with van der Waals surface area (Å²) >= 11 is 6.88. The lowest BCUT2D eigenvalue weighted by Crippen LogP contribution is -2.38. The van der Waals surface area contributed by atoms with Gasteiger partial charge in [0.05, 0.1) is 42.8 Å². The monoisotopic (exact) mass is 544 g/mol. The van der Waals surface area contributed by atoms with E-state index in [0.717, 1.165) is 27.9 Å². The van der Waals surface area contributed by atoms with E-state index in [9.17, 15) is 19.7 Å². The van der Waals surface area contributed by atoms with Crippen molar-refractivity contribution < 1.29 is 24.0 Å². The van der Waals surface area contributed by atoms with E-state index in [2.05, 4.69) is 4.90 Å². The summed E-state index contributed by atoms with van der Waals surface area (Å²) < 4.78 is 10.9. The number of amides is 2. The molecule has 0 unspecified atom stereocenters. The summed E-state index contributed by atoms with van der Waals surface area (Å²) in [6, 6.07) is 10.3. The van der Waals surface area contributed by atoms with E-state index in [1.807, 2.05) is 11.0 Å². The van der Waals surface area contributed by atoms with Crippen molar-refractivity contribution in [1.82, 2.24) is 4.90 Å². The van der Waals surface area contributed by atoms with Crippen LogP contribution in [0.3, 0.4) is 0 Å². The highest BCUT2D eigenvalue weighted by atomic mass is 35.5. The van der Waals surface area contributed by atoms with Gasteiger partial charge in [0, 0.05) is 48.5 Å². The lowest BCUT2D eigenvalue weighted by Gasteiger charge is -2.33. The van der Waals surface area contributed by atoms with Crippen LogP contribution in [0, 0.1) is 10.1 Å². The average molecular weight is 545 g/mol. The number of ether oxygens (including phenoxy) is 2. The molecule has 3 fully saturated rings. The predicted octanol–water partition coefficient (Wildman–Crippen LogP) is 4.16. The van der Waals surface area contributed by atoms with Gasteiger partial charge in [-0.3, -0.25) is 24.6 Å². The first kappa shape index (κ1) is 25.5. The molecule has 0 radical (unpaired) electrons. The smallest absolute Gasteiger partial charge is 0.293 e. The molecule has 5 rings (SSSR count).